The van der Waals surface area contributed by atoms with Crippen molar-refractivity contribution >= 4 is 34.8 Å². The second-order valence-electron chi connectivity index (χ2n) is 8.11. The zero-order chi connectivity index (χ0) is 22.8. The quantitative estimate of drug-likeness (QED) is 0.542. The van der Waals surface area contributed by atoms with E-state index in [2.05, 4.69) is 16.0 Å². The van der Waals surface area contributed by atoms with Crippen LogP contribution in [-0.2, 0) is 20.8 Å². The van der Waals surface area contributed by atoms with Crippen LogP contribution in [0.2, 0.25) is 0 Å². The Morgan fingerprint density at radius 2 is 1.32 bits per heavy atom. The molecular formula is C24H32N4O3. The molecule has 0 fully saturated rings. The Morgan fingerprint density at radius 1 is 0.806 bits per heavy atom. The van der Waals surface area contributed by atoms with E-state index in [0.29, 0.717) is 36.6 Å². The van der Waals surface area contributed by atoms with Crippen molar-refractivity contribution in [2.75, 3.05) is 36.6 Å². The molecular weight excluding hydrogens is 392 g/mol. The predicted octanol–water partition coefficient (Wildman–Crippen LogP) is 3.74. The predicted molar refractivity (Wildman–Crippen MR) is 125 cm³/mol. The molecule has 7 nitrogen and oxygen atoms in total. The van der Waals surface area contributed by atoms with Gasteiger partial charge in [-0.2, -0.15) is 0 Å². The van der Waals surface area contributed by atoms with Crippen molar-refractivity contribution < 1.29 is 14.4 Å². The maximum Gasteiger partial charge on any atom is 0.243 e. The molecule has 0 unspecified atom stereocenters. The van der Waals surface area contributed by atoms with E-state index in [1.54, 1.807) is 43.3 Å². The van der Waals surface area contributed by atoms with Crippen LogP contribution in [0.15, 0.2) is 48.5 Å². The fourth-order valence-corrected chi connectivity index (χ4v) is 2.87. The van der Waals surface area contributed by atoms with Crippen molar-refractivity contribution in [3.05, 3.63) is 54.1 Å². The second kappa shape index (κ2) is 11.7. The number of benzene rings is 2. The minimum atomic E-state index is -0.169. The van der Waals surface area contributed by atoms with E-state index >= 15 is 0 Å². The normalized spacial score (nSPS) is 10.5. The lowest BCUT2D eigenvalue weighted by Crippen LogP contribution is -2.22. The molecule has 7 heteroatoms. The zero-order valence-electron chi connectivity index (χ0n) is 18.7. The molecule has 2 aromatic rings. The molecule has 0 saturated carbocycles. The van der Waals surface area contributed by atoms with E-state index in [-0.39, 0.29) is 24.3 Å². The summed E-state index contributed by atoms with van der Waals surface area (Å²) in [6, 6.07) is 14.8. The van der Waals surface area contributed by atoms with Gasteiger partial charge < -0.3 is 20.9 Å². The monoisotopic (exact) mass is 424 g/mol. The van der Waals surface area contributed by atoms with Gasteiger partial charge in [0, 0.05) is 44.0 Å². The third kappa shape index (κ3) is 8.90. The minimum absolute atomic E-state index is 0.0219. The Labute approximate surface area is 184 Å². The third-order valence-electron chi connectivity index (χ3n) is 4.58. The third-order valence-corrected chi connectivity index (χ3v) is 4.58. The number of nitrogens with one attached hydrogen (secondary N) is 3. The molecule has 3 amide bonds. The fraction of sp³-hybridized carbons (Fsp3) is 0.375. The van der Waals surface area contributed by atoms with Gasteiger partial charge in [0.25, 0.3) is 0 Å². The van der Waals surface area contributed by atoms with Crippen molar-refractivity contribution in [1.82, 2.24) is 4.90 Å². The van der Waals surface area contributed by atoms with Crippen molar-refractivity contribution in [2.45, 2.75) is 33.1 Å². The standard InChI is InChI=1S/C24H32N4O3/c1-17(2)15-22(29)26-20-10-12-21(13-11-20)27-23(30)16-25-19-8-5-18(6-9-19)7-14-24(31)28(3)4/h5-6,8-13,17,25H,7,14-16H2,1-4H3,(H,26,29)(H,27,30). The maximum atomic E-state index is 12.2. The van der Waals surface area contributed by atoms with Gasteiger partial charge in [0.15, 0.2) is 0 Å². The van der Waals surface area contributed by atoms with Gasteiger partial charge in [-0.25, -0.2) is 0 Å². The van der Waals surface area contributed by atoms with E-state index in [1.165, 1.54) is 0 Å². The average molecular weight is 425 g/mol. The molecule has 0 saturated heterocycles. The van der Waals surface area contributed by atoms with E-state index in [9.17, 15) is 14.4 Å². The summed E-state index contributed by atoms with van der Waals surface area (Å²) in [5.74, 6) is 0.211. The molecule has 0 aromatic heterocycles. The van der Waals surface area contributed by atoms with Crippen LogP contribution >= 0.6 is 0 Å². The topological polar surface area (TPSA) is 90.5 Å². The molecule has 0 bridgehead atoms. The first-order valence-electron chi connectivity index (χ1n) is 10.5. The van der Waals surface area contributed by atoms with E-state index < -0.39 is 0 Å². The Balaban J connectivity index is 1.76. The van der Waals surface area contributed by atoms with Crippen molar-refractivity contribution in [2.24, 2.45) is 5.92 Å². The van der Waals surface area contributed by atoms with Gasteiger partial charge in [-0.3, -0.25) is 14.4 Å². The largest absolute Gasteiger partial charge is 0.376 e. The molecule has 166 valence electrons. The summed E-state index contributed by atoms with van der Waals surface area (Å²) in [5.41, 5.74) is 3.27. The summed E-state index contributed by atoms with van der Waals surface area (Å²) in [5, 5.41) is 8.75. The van der Waals surface area contributed by atoms with Gasteiger partial charge in [-0.15, -0.1) is 0 Å². The zero-order valence-corrected chi connectivity index (χ0v) is 18.7. The number of anilines is 3. The maximum absolute atomic E-state index is 12.2. The van der Waals surface area contributed by atoms with Crippen LogP contribution < -0.4 is 16.0 Å². The summed E-state index contributed by atoms with van der Waals surface area (Å²) in [6.07, 6.45) is 1.63. The lowest BCUT2D eigenvalue weighted by Gasteiger charge is -2.11. The molecule has 2 rings (SSSR count). The van der Waals surface area contributed by atoms with Crippen LogP contribution in [-0.4, -0.2) is 43.3 Å². The van der Waals surface area contributed by atoms with Crippen LogP contribution in [0.25, 0.3) is 0 Å². The molecule has 3 N–H and O–H groups in total. The molecule has 0 spiro atoms. The minimum Gasteiger partial charge on any atom is -0.376 e. The molecule has 0 aliphatic heterocycles. The van der Waals surface area contributed by atoms with E-state index in [0.717, 1.165) is 11.3 Å². The molecule has 31 heavy (non-hydrogen) atoms. The highest BCUT2D eigenvalue weighted by Gasteiger charge is 2.07. The lowest BCUT2D eigenvalue weighted by molar-refractivity contribution is -0.128. The van der Waals surface area contributed by atoms with Gasteiger partial charge in [-0.05, 0) is 54.3 Å². The first-order chi connectivity index (χ1) is 14.7. The van der Waals surface area contributed by atoms with E-state index in [4.69, 9.17) is 0 Å². The van der Waals surface area contributed by atoms with Gasteiger partial charge in [0.2, 0.25) is 17.7 Å². The molecule has 2 aromatic carbocycles. The van der Waals surface area contributed by atoms with Crippen molar-refractivity contribution in [3.63, 3.8) is 0 Å². The smallest absolute Gasteiger partial charge is 0.243 e. The Bertz CT molecular complexity index is 875. The summed E-state index contributed by atoms with van der Waals surface area (Å²) in [6.45, 7) is 4.12. The fourth-order valence-electron chi connectivity index (χ4n) is 2.87. The molecule has 0 radical (unpaired) electrons. The highest BCUT2D eigenvalue weighted by molar-refractivity contribution is 5.94. The molecule has 0 heterocycles. The van der Waals surface area contributed by atoms with Gasteiger partial charge in [0.1, 0.15) is 0 Å². The van der Waals surface area contributed by atoms with Crippen LogP contribution in [0.1, 0.15) is 32.3 Å². The van der Waals surface area contributed by atoms with Crippen LogP contribution in [0.5, 0.6) is 0 Å². The molecule has 0 aliphatic carbocycles. The number of hydrogen-bond donors (Lipinski definition) is 3. The van der Waals surface area contributed by atoms with E-state index in [1.807, 2.05) is 38.1 Å². The first-order valence-corrected chi connectivity index (χ1v) is 10.5. The summed E-state index contributed by atoms with van der Waals surface area (Å²) in [4.78, 5) is 37.3. The number of nitrogens with zero attached hydrogens (tertiary/aromatic N) is 1. The van der Waals surface area contributed by atoms with Crippen molar-refractivity contribution in [3.8, 4) is 0 Å². The van der Waals surface area contributed by atoms with Crippen LogP contribution in [0.4, 0.5) is 17.1 Å². The second-order valence-corrected chi connectivity index (χ2v) is 8.11. The summed E-state index contributed by atoms with van der Waals surface area (Å²) in [7, 11) is 3.50. The Morgan fingerprint density at radius 3 is 1.84 bits per heavy atom. The number of amides is 3. The van der Waals surface area contributed by atoms with Gasteiger partial charge >= 0.3 is 0 Å². The first kappa shape index (κ1) is 23.9. The number of hydrogen-bond acceptors (Lipinski definition) is 4. The SMILES string of the molecule is CC(C)CC(=O)Nc1ccc(NC(=O)CNc2ccc(CCC(=O)N(C)C)cc2)cc1. The summed E-state index contributed by atoms with van der Waals surface area (Å²) < 4.78 is 0. The van der Waals surface area contributed by atoms with Gasteiger partial charge in [0.05, 0.1) is 6.54 Å². The number of aryl methyl sites for hydroxylation is 1. The number of carbonyl (C=O) groups excluding carboxylic acids is 3. The Kier molecular flexibility index (Phi) is 9.06. The lowest BCUT2D eigenvalue weighted by atomic mass is 10.1. The van der Waals surface area contributed by atoms with Crippen LogP contribution in [0, 0.1) is 5.92 Å². The molecule has 0 atom stereocenters. The summed E-state index contributed by atoms with van der Waals surface area (Å²) >= 11 is 0. The number of carbonyl (C=O) groups is 3. The Hall–Kier alpha value is -3.35. The average Bonchev–Trinajstić information content (AvgIpc) is 2.72. The molecule has 0 aliphatic rings. The highest BCUT2D eigenvalue weighted by Crippen LogP contribution is 2.15. The highest BCUT2D eigenvalue weighted by atomic mass is 16.2. The van der Waals surface area contributed by atoms with Crippen LogP contribution in [0.3, 0.4) is 0 Å². The van der Waals surface area contributed by atoms with Gasteiger partial charge in [-0.1, -0.05) is 26.0 Å². The van der Waals surface area contributed by atoms with Crippen molar-refractivity contribution in [1.29, 1.82) is 0 Å². The number of rotatable bonds is 10.